The van der Waals surface area contributed by atoms with E-state index < -0.39 is 5.97 Å². The summed E-state index contributed by atoms with van der Waals surface area (Å²) in [6.45, 7) is 5.02. The van der Waals surface area contributed by atoms with Crippen molar-refractivity contribution in [3.63, 3.8) is 0 Å². The average molecular weight is 279 g/mol. The number of hydrogen-bond acceptors (Lipinski definition) is 3. The van der Waals surface area contributed by atoms with Gasteiger partial charge in [-0.2, -0.15) is 5.10 Å². The van der Waals surface area contributed by atoms with Gasteiger partial charge in [-0.3, -0.25) is 14.3 Å². The molecule has 1 saturated heterocycles. The van der Waals surface area contributed by atoms with Crippen LogP contribution in [0.1, 0.15) is 48.7 Å². The first kappa shape index (κ1) is 14.6. The third-order valence-corrected chi connectivity index (χ3v) is 3.77. The summed E-state index contributed by atoms with van der Waals surface area (Å²) in [5.74, 6) is -0.934. The molecule has 0 bridgehead atoms. The summed E-state index contributed by atoms with van der Waals surface area (Å²) in [7, 11) is 1.80. The maximum atomic E-state index is 12.5. The Morgan fingerprint density at radius 2 is 1.95 bits per heavy atom. The summed E-state index contributed by atoms with van der Waals surface area (Å²) >= 11 is 0. The topological polar surface area (TPSA) is 75.4 Å². The van der Waals surface area contributed by atoms with Gasteiger partial charge in [0.05, 0.1) is 17.2 Å². The Morgan fingerprint density at radius 1 is 1.35 bits per heavy atom. The molecule has 1 aliphatic heterocycles. The quantitative estimate of drug-likeness (QED) is 0.909. The number of piperidine rings is 1. The number of likely N-dealkylation sites (tertiary alicyclic amines) is 1. The normalized spacial score (nSPS) is 16.7. The van der Waals surface area contributed by atoms with Crippen LogP contribution in [-0.4, -0.2) is 44.8 Å². The van der Waals surface area contributed by atoms with Crippen LogP contribution in [0, 0.1) is 5.92 Å². The fourth-order valence-electron chi connectivity index (χ4n) is 2.60. The van der Waals surface area contributed by atoms with E-state index >= 15 is 0 Å². The van der Waals surface area contributed by atoms with Crippen molar-refractivity contribution in [2.24, 2.45) is 13.0 Å². The minimum absolute atomic E-state index is 0.0364. The Balaban J connectivity index is 2.11. The van der Waals surface area contributed by atoms with Crippen molar-refractivity contribution in [2.45, 2.75) is 32.6 Å². The van der Waals surface area contributed by atoms with E-state index in [1.807, 2.05) is 13.8 Å². The first-order chi connectivity index (χ1) is 9.40. The van der Waals surface area contributed by atoms with E-state index in [1.165, 1.54) is 0 Å². The van der Waals surface area contributed by atoms with Crippen LogP contribution in [0.15, 0.2) is 6.20 Å². The lowest BCUT2D eigenvalue weighted by molar-refractivity contribution is -0.143. The summed E-state index contributed by atoms with van der Waals surface area (Å²) in [6.07, 6.45) is 2.80. The van der Waals surface area contributed by atoms with Gasteiger partial charge in [0, 0.05) is 26.3 Å². The van der Waals surface area contributed by atoms with Gasteiger partial charge < -0.3 is 10.0 Å². The summed E-state index contributed by atoms with van der Waals surface area (Å²) in [5, 5.41) is 13.3. The molecule has 0 aromatic carbocycles. The zero-order chi connectivity index (χ0) is 14.9. The van der Waals surface area contributed by atoms with Crippen molar-refractivity contribution >= 4 is 11.9 Å². The number of aromatic nitrogens is 2. The van der Waals surface area contributed by atoms with Crippen molar-refractivity contribution in [1.82, 2.24) is 14.7 Å². The van der Waals surface area contributed by atoms with Gasteiger partial charge in [0.2, 0.25) is 0 Å². The van der Waals surface area contributed by atoms with Gasteiger partial charge in [0.1, 0.15) is 0 Å². The van der Waals surface area contributed by atoms with Crippen LogP contribution in [0.25, 0.3) is 0 Å². The minimum Gasteiger partial charge on any atom is -0.481 e. The van der Waals surface area contributed by atoms with E-state index in [9.17, 15) is 9.59 Å². The second-order valence-electron chi connectivity index (χ2n) is 5.66. The van der Waals surface area contributed by atoms with Gasteiger partial charge in [-0.05, 0) is 18.8 Å². The van der Waals surface area contributed by atoms with Crippen LogP contribution >= 0.6 is 0 Å². The summed E-state index contributed by atoms with van der Waals surface area (Å²) < 4.78 is 1.66. The molecule has 0 saturated carbocycles. The molecule has 0 atom stereocenters. The van der Waals surface area contributed by atoms with Gasteiger partial charge >= 0.3 is 5.97 Å². The first-order valence-corrected chi connectivity index (χ1v) is 6.95. The molecule has 0 radical (unpaired) electrons. The standard InChI is InChI=1S/C14H21N3O3/c1-9(2)12-11(8-16(3)15-12)13(18)17-6-4-10(5-7-17)14(19)20/h8-10H,4-7H2,1-3H3,(H,19,20). The van der Waals surface area contributed by atoms with Crippen LogP contribution in [0.3, 0.4) is 0 Å². The van der Waals surface area contributed by atoms with E-state index in [2.05, 4.69) is 5.10 Å². The molecule has 1 aromatic rings. The number of carboxylic acid groups (broad SMARTS) is 1. The maximum absolute atomic E-state index is 12.5. The lowest BCUT2D eigenvalue weighted by atomic mass is 9.96. The Morgan fingerprint density at radius 3 is 2.45 bits per heavy atom. The zero-order valence-corrected chi connectivity index (χ0v) is 12.2. The molecule has 2 rings (SSSR count). The fourth-order valence-corrected chi connectivity index (χ4v) is 2.60. The number of nitrogens with zero attached hydrogens (tertiary/aromatic N) is 3. The van der Waals surface area contributed by atoms with Crippen LogP contribution in [0.2, 0.25) is 0 Å². The van der Waals surface area contributed by atoms with E-state index in [0.29, 0.717) is 31.5 Å². The molecule has 1 amide bonds. The second-order valence-corrected chi connectivity index (χ2v) is 5.66. The van der Waals surface area contributed by atoms with Crippen LogP contribution < -0.4 is 0 Å². The Hall–Kier alpha value is -1.85. The zero-order valence-electron chi connectivity index (χ0n) is 12.2. The highest BCUT2D eigenvalue weighted by Gasteiger charge is 2.29. The molecule has 6 heteroatoms. The number of hydrogen-bond donors (Lipinski definition) is 1. The Bertz CT molecular complexity index is 514. The molecule has 0 unspecified atom stereocenters. The molecule has 2 heterocycles. The van der Waals surface area contributed by atoms with Crippen LogP contribution in [0.5, 0.6) is 0 Å². The number of amides is 1. The van der Waals surface area contributed by atoms with E-state index in [4.69, 9.17) is 5.11 Å². The highest BCUT2D eigenvalue weighted by atomic mass is 16.4. The predicted molar refractivity (Wildman–Crippen MR) is 73.6 cm³/mol. The molecule has 20 heavy (non-hydrogen) atoms. The molecule has 6 nitrogen and oxygen atoms in total. The number of aliphatic carboxylic acids is 1. The van der Waals surface area contributed by atoms with Gasteiger partial charge in [-0.25, -0.2) is 0 Å². The Kier molecular flexibility index (Phi) is 4.11. The smallest absolute Gasteiger partial charge is 0.306 e. The lowest BCUT2D eigenvalue weighted by Gasteiger charge is -2.30. The van der Waals surface area contributed by atoms with Gasteiger partial charge in [-0.15, -0.1) is 0 Å². The monoisotopic (exact) mass is 279 g/mol. The van der Waals surface area contributed by atoms with Gasteiger partial charge in [-0.1, -0.05) is 13.8 Å². The maximum Gasteiger partial charge on any atom is 0.306 e. The molecule has 0 aliphatic carbocycles. The van der Waals surface area contributed by atoms with E-state index in [0.717, 1.165) is 5.69 Å². The van der Waals surface area contributed by atoms with Crippen molar-refractivity contribution in [1.29, 1.82) is 0 Å². The second kappa shape index (κ2) is 5.64. The van der Waals surface area contributed by atoms with Crippen molar-refractivity contribution in [3.05, 3.63) is 17.5 Å². The molecule has 110 valence electrons. The van der Waals surface area contributed by atoms with Crippen LogP contribution in [-0.2, 0) is 11.8 Å². The number of carbonyl (C=O) groups excluding carboxylic acids is 1. The van der Waals surface area contributed by atoms with E-state index in [1.54, 1.807) is 22.8 Å². The third-order valence-electron chi connectivity index (χ3n) is 3.77. The number of rotatable bonds is 3. The van der Waals surface area contributed by atoms with Crippen molar-refractivity contribution < 1.29 is 14.7 Å². The highest BCUT2D eigenvalue weighted by molar-refractivity contribution is 5.95. The van der Waals surface area contributed by atoms with Gasteiger partial charge in [0.25, 0.3) is 5.91 Å². The SMILES string of the molecule is CC(C)c1nn(C)cc1C(=O)N1CCC(C(=O)O)CC1. The highest BCUT2D eigenvalue weighted by Crippen LogP contribution is 2.23. The minimum atomic E-state index is -0.763. The summed E-state index contributed by atoms with van der Waals surface area (Å²) in [5.41, 5.74) is 1.44. The molecule has 1 aliphatic rings. The lowest BCUT2D eigenvalue weighted by Crippen LogP contribution is -2.40. The van der Waals surface area contributed by atoms with E-state index in [-0.39, 0.29) is 17.7 Å². The van der Waals surface area contributed by atoms with Crippen molar-refractivity contribution in [2.75, 3.05) is 13.1 Å². The fraction of sp³-hybridized carbons (Fsp3) is 0.643. The largest absolute Gasteiger partial charge is 0.481 e. The number of carboxylic acids is 1. The average Bonchev–Trinajstić information content (AvgIpc) is 2.80. The first-order valence-electron chi connectivity index (χ1n) is 6.95. The third kappa shape index (κ3) is 2.84. The molecular weight excluding hydrogens is 258 g/mol. The van der Waals surface area contributed by atoms with Crippen molar-refractivity contribution in [3.8, 4) is 0 Å². The summed E-state index contributed by atoms with van der Waals surface area (Å²) in [4.78, 5) is 25.2. The molecule has 1 fully saturated rings. The molecular formula is C14H21N3O3. The van der Waals surface area contributed by atoms with Crippen LogP contribution in [0.4, 0.5) is 0 Å². The summed E-state index contributed by atoms with van der Waals surface area (Å²) in [6, 6.07) is 0. The number of aryl methyl sites for hydroxylation is 1. The van der Waals surface area contributed by atoms with Gasteiger partial charge in [0.15, 0.2) is 0 Å². The molecule has 1 N–H and O–H groups in total. The Labute approximate surface area is 118 Å². The molecule has 1 aromatic heterocycles. The molecule has 0 spiro atoms. The predicted octanol–water partition coefficient (Wildman–Crippen LogP) is 1.48. The number of carbonyl (C=O) groups is 2.